The van der Waals surface area contributed by atoms with Crippen LogP contribution in [-0.2, 0) is 0 Å². The van der Waals surface area contributed by atoms with Crippen molar-refractivity contribution in [3.05, 3.63) is 18.2 Å². The summed E-state index contributed by atoms with van der Waals surface area (Å²) < 4.78 is 5.30. The van der Waals surface area contributed by atoms with Crippen molar-refractivity contribution in [2.75, 3.05) is 19.0 Å². The number of hydrogen-bond acceptors (Lipinski definition) is 3. The molecule has 2 rings (SSSR count). The maximum absolute atomic E-state index is 5.30. The molecule has 1 aromatic carbocycles. The maximum Gasteiger partial charge on any atom is 0.134 e. The highest BCUT2D eigenvalue weighted by Crippen LogP contribution is 2.41. The molecule has 70 valence electrons. The number of thioether (sulfide) groups is 1. The van der Waals surface area contributed by atoms with Gasteiger partial charge in [-0.1, -0.05) is 13.0 Å². The quantitative estimate of drug-likeness (QED) is 0.744. The van der Waals surface area contributed by atoms with Crippen LogP contribution in [0, 0.1) is 0 Å². The zero-order valence-electron chi connectivity index (χ0n) is 7.83. The van der Waals surface area contributed by atoms with Crippen molar-refractivity contribution in [3.8, 4) is 5.75 Å². The largest absolute Gasteiger partial charge is 0.496 e. The second-order valence-corrected chi connectivity index (χ2v) is 4.60. The van der Waals surface area contributed by atoms with Crippen LogP contribution in [-0.4, -0.2) is 18.9 Å². The Kier molecular flexibility index (Phi) is 2.36. The van der Waals surface area contributed by atoms with E-state index < -0.39 is 0 Å². The lowest BCUT2D eigenvalue weighted by Crippen LogP contribution is -2.18. The highest BCUT2D eigenvalue weighted by molar-refractivity contribution is 8.00. The molecule has 1 aliphatic heterocycles. The number of anilines is 1. The minimum Gasteiger partial charge on any atom is -0.496 e. The van der Waals surface area contributed by atoms with Crippen LogP contribution < -0.4 is 10.1 Å². The molecule has 0 fully saturated rings. The molecule has 13 heavy (non-hydrogen) atoms. The normalized spacial score (nSPS) is 20.3. The van der Waals surface area contributed by atoms with E-state index in [2.05, 4.69) is 18.3 Å². The van der Waals surface area contributed by atoms with E-state index in [4.69, 9.17) is 4.74 Å². The molecular formula is C10H13NOS. The van der Waals surface area contributed by atoms with Crippen molar-refractivity contribution in [1.82, 2.24) is 0 Å². The van der Waals surface area contributed by atoms with E-state index in [1.165, 1.54) is 10.6 Å². The molecule has 3 heteroatoms. The first kappa shape index (κ1) is 8.75. The van der Waals surface area contributed by atoms with Crippen LogP contribution in [0.2, 0.25) is 0 Å². The lowest BCUT2D eigenvalue weighted by Gasteiger charge is -2.24. The van der Waals surface area contributed by atoms with Gasteiger partial charge in [-0.15, -0.1) is 11.8 Å². The first-order valence-electron chi connectivity index (χ1n) is 4.39. The zero-order valence-corrected chi connectivity index (χ0v) is 8.65. The number of hydrogen-bond donors (Lipinski definition) is 1. The summed E-state index contributed by atoms with van der Waals surface area (Å²) in [5.41, 5.74) is 1.20. The molecule has 0 aromatic heterocycles. The average molecular weight is 195 g/mol. The molecule has 1 N–H and O–H groups in total. The van der Waals surface area contributed by atoms with Crippen molar-refractivity contribution in [3.63, 3.8) is 0 Å². The van der Waals surface area contributed by atoms with Crippen molar-refractivity contribution in [1.29, 1.82) is 0 Å². The van der Waals surface area contributed by atoms with Gasteiger partial charge in [0.2, 0.25) is 0 Å². The van der Waals surface area contributed by atoms with Crippen LogP contribution in [0.3, 0.4) is 0 Å². The van der Waals surface area contributed by atoms with Gasteiger partial charge in [-0.05, 0) is 12.1 Å². The topological polar surface area (TPSA) is 21.3 Å². The highest BCUT2D eigenvalue weighted by Gasteiger charge is 2.18. The Balaban J connectivity index is 2.41. The Bertz CT molecular complexity index is 300. The van der Waals surface area contributed by atoms with Gasteiger partial charge in [0, 0.05) is 11.8 Å². The first-order chi connectivity index (χ1) is 6.31. The zero-order chi connectivity index (χ0) is 9.26. The summed E-state index contributed by atoms with van der Waals surface area (Å²) in [4.78, 5) is 1.24. The molecule has 0 bridgehead atoms. The fourth-order valence-electron chi connectivity index (χ4n) is 1.43. The molecule has 0 amide bonds. The molecule has 0 aliphatic carbocycles. The fraction of sp³-hybridized carbons (Fsp3) is 0.400. The molecule has 0 saturated heterocycles. The monoisotopic (exact) mass is 195 g/mol. The van der Waals surface area contributed by atoms with Crippen LogP contribution in [0.4, 0.5) is 5.69 Å². The highest BCUT2D eigenvalue weighted by atomic mass is 32.2. The van der Waals surface area contributed by atoms with E-state index in [0.29, 0.717) is 5.25 Å². The number of methoxy groups -OCH3 is 1. The van der Waals surface area contributed by atoms with E-state index in [1.54, 1.807) is 7.11 Å². The van der Waals surface area contributed by atoms with E-state index >= 15 is 0 Å². The van der Waals surface area contributed by atoms with Gasteiger partial charge in [-0.25, -0.2) is 0 Å². The smallest absolute Gasteiger partial charge is 0.134 e. The van der Waals surface area contributed by atoms with Gasteiger partial charge >= 0.3 is 0 Å². The van der Waals surface area contributed by atoms with Crippen molar-refractivity contribution >= 4 is 17.4 Å². The SMILES string of the molecule is COc1cccc2c1SC(C)CN2. The van der Waals surface area contributed by atoms with E-state index in [0.717, 1.165) is 12.3 Å². The minimum atomic E-state index is 0.615. The average Bonchev–Trinajstić information content (AvgIpc) is 2.17. The van der Waals surface area contributed by atoms with Crippen LogP contribution in [0.5, 0.6) is 5.75 Å². The van der Waals surface area contributed by atoms with Crippen LogP contribution in [0.1, 0.15) is 6.92 Å². The van der Waals surface area contributed by atoms with Crippen molar-refractivity contribution in [2.45, 2.75) is 17.1 Å². The molecule has 1 unspecified atom stereocenters. The second kappa shape index (κ2) is 3.50. The molecular weight excluding hydrogens is 182 g/mol. The number of fused-ring (bicyclic) bond motifs is 1. The van der Waals surface area contributed by atoms with Crippen LogP contribution in [0.15, 0.2) is 23.1 Å². The van der Waals surface area contributed by atoms with Crippen molar-refractivity contribution < 1.29 is 4.74 Å². The van der Waals surface area contributed by atoms with Gasteiger partial charge < -0.3 is 10.1 Å². The van der Waals surface area contributed by atoms with Crippen LogP contribution in [0.25, 0.3) is 0 Å². The third-order valence-corrected chi connectivity index (χ3v) is 3.32. The number of benzene rings is 1. The summed E-state index contributed by atoms with van der Waals surface area (Å²) in [7, 11) is 1.72. The molecule has 2 nitrogen and oxygen atoms in total. The molecule has 1 aromatic rings. The van der Waals surface area contributed by atoms with E-state index in [-0.39, 0.29) is 0 Å². The molecule has 1 atom stereocenters. The van der Waals surface area contributed by atoms with Gasteiger partial charge in [0.05, 0.1) is 17.7 Å². The standard InChI is InChI=1S/C10H13NOS/c1-7-6-11-8-4-3-5-9(12-2)10(8)13-7/h3-5,7,11H,6H2,1-2H3. The summed E-state index contributed by atoms with van der Waals surface area (Å²) in [6.07, 6.45) is 0. The summed E-state index contributed by atoms with van der Waals surface area (Å²) in [5.74, 6) is 0.974. The Hall–Kier alpha value is -0.830. The summed E-state index contributed by atoms with van der Waals surface area (Å²) >= 11 is 1.88. The van der Waals surface area contributed by atoms with Gasteiger partial charge in [-0.3, -0.25) is 0 Å². The third kappa shape index (κ3) is 1.61. The lowest BCUT2D eigenvalue weighted by molar-refractivity contribution is 0.405. The van der Waals surface area contributed by atoms with Crippen molar-refractivity contribution in [2.24, 2.45) is 0 Å². The third-order valence-electron chi connectivity index (χ3n) is 2.10. The predicted molar refractivity (Wildman–Crippen MR) is 56.8 cm³/mol. The Morgan fingerprint density at radius 3 is 3.15 bits per heavy atom. The molecule has 1 aliphatic rings. The number of ether oxygens (including phenoxy) is 1. The number of nitrogens with one attached hydrogen (secondary N) is 1. The maximum atomic E-state index is 5.30. The second-order valence-electron chi connectivity index (χ2n) is 3.15. The molecule has 1 heterocycles. The summed E-state index contributed by atoms with van der Waals surface area (Å²) in [6, 6.07) is 6.11. The summed E-state index contributed by atoms with van der Waals surface area (Å²) in [6.45, 7) is 3.25. The van der Waals surface area contributed by atoms with Gasteiger partial charge in [0.15, 0.2) is 0 Å². The molecule has 0 spiro atoms. The molecule has 0 radical (unpaired) electrons. The Morgan fingerprint density at radius 2 is 2.38 bits per heavy atom. The minimum absolute atomic E-state index is 0.615. The molecule has 0 saturated carbocycles. The van der Waals surface area contributed by atoms with Crippen LogP contribution >= 0.6 is 11.8 Å². The Morgan fingerprint density at radius 1 is 1.54 bits per heavy atom. The Labute approximate surface area is 82.7 Å². The van der Waals surface area contributed by atoms with Gasteiger partial charge in [0.25, 0.3) is 0 Å². The fourth-order valence-corrected chi connectivity index (χ4v) is 2.54. The van der Waals surface area contributed by atoms with Gasteiger partial charge in [-0.2, -0.15) is 0 Å². The number of rotatable bonds is 1. The van der Waals surface area contributed by atoms with Gasteiger partial charge in [0.1, 0.15) is 5.75 Å². The predicted octanol–water partition coefficient (Wildman–Crippen LogP) is 2.60. The van der Waals surface area contributed by atoms with E-state index in [9.17, 15) is 0 Å². The lowest BCUT2D eigenvalue weighted by atomic mass is 10.3. The van der Waals surface area contributed by atoms with E-state index in [1.807, 2.05) is 23.9 Å². The summed E-state index contributed by atoms with van der Waals surface area (Å²) in [5, 5.41) is 4.00. The first-order valence-corrected chi connectivity index (χ1v) is 5.27.